The fourth-order valence-electron chi connectivity index (χ4n) is 16.4. The summed E-state index contributed by atoms with van der Waals surface area (Å²) in [5.74, 6) is -3.29. The summed E-state index contributed by atoms with van der Waals surface area (Å²) >= 11 is 0. The van der Waals surface area contributed by atoms with Crippen LogP contribution in [0.15, 0.2) is 68.3 Å². The van der Waals surface area contributed by atoms with Crippen molar-refractivity contribution in [1.82, 2.24) is 39.7 Å². The maximum Gasteiger partial charge on any atom is 0.410 e. The molecule has 104 heavy (non-hydrogen) atoms. The standard InChI is InChI=1S/C75H101N13O14S2/c1-42-44(3)63(46(5)48-31-33-74(7,8)101-61(42)48)103(96,97)83-71(77)79-35-15-25-55(65(76)89)81-66(90)57-27-17-37-85(57)69(93)59-29-19-39-87(59)68(92)56(26-16-36-80-72(78)84-104(98,99)64-45(4)43(2)62-49(47(64)6)32-34-75(9,10)102-62)82-67(91)58-28-18-38-86(58)70(94)60-30-20-40-88(60)73(95)100-41-54-52-23-13-11-21-50(52)51-22-12-14-24-53(51)54/h11-14,21-24,54-60H,15-20,25-41H2,1-10H3,(H2,76,89)(H,81,90)(H,82,91)(H3,77,79,83)(H3,78,80,84)/t55-,56-,57-,58-,59-,60-/m0/s1. The zero-order chi connectivity index (χ0) is 75.1. The van der Waals surface area contributed by atoms with Crippen molar-refractivity contribution in [2.75, 3.05) is 45.9 Å². The highest BCUT2D eigenvalue weighted by molar-refractivity contribution is 7.90. The van der Waals surface area contributed by atoms with Gasteiger partial charge in [0.15, 0.2) is 0 Å². The first-order chi connectivity index (χ1) is 49.2. The van der Waals surface area contributed by atoms with Crippen LogP contribution in [0.3, 0.4) is 0 Å². The van der Waals surface area contributed by atoms with Gasteiger partial charge < -0.3 is 56.7 Å². The van der Waals surface area contributed by atoms with Gasteiger partial charge in [-0.25, -0.2) is 31.1 Å². The third kappa shape index (κ3) is 15.7. The first kappa shape index (κ1) is 76.1. The van der Waals surface area contributed by atoms with E-state index in [-0.39, 0.29) is 112 Å². The van der Waals surface area contributed by atoms with Crippen LogP contribution in [0.25, 0.3) is 11.1 Å². The number of aliphatic imine (C=N–C) groups is 2. The van der Waals surface area contributed by atoms with Gasteiger partial charge in [-0.1, -0.05) is 48.5 Å². The third-order valence-corrected chi connectivity index (χ3v) is 25.4. The topological polar surface area (TPSA) is 379 Å². The van der Waals surface area contributed by atoms with Crippen LogP contribution in [0.5, 0.6) is 11.5 Å². The molecule has 0 radical (unpaired) electrons. The van der Waals surface area contributed by atoms with E-state index >= 15 is 4.79 Å². The number of nitrogens with zero attached hydrogens (tertiary/aromatic N) is 6. The van der Waals surface area contributed by atoms with Crippen LogP contribution in [-0.4, -0.2) is 183 Å². The predicted molar refractivity (Wildman–Crippen MR) is 392 cm³/mol. The first-order valence-electron chi connectivity index (χ1n) is 36.4. The van der Waals surface area contributed by atoms with Crippen LogP contribution in [0.2, 0.25) is 0 Å². The Morgan fingerprint density at radius 3 is 1.38 bits per heavy atom. The summed E-state index contributed by atoms with van der Waals surface area (Å²) < 4.78 is 79.6. The Kier molecular flexibility index (Phi) is 22.4. The Morgan fingerprint density at radius 2 is 0.933 bits per heavy atom. The smallest absolute Gasteiger partial charge is 0.410 e. The van der Waals surface area contributed by atoms with Crippen LogP contribution >= 0.6 is 0 Å². The van der Waals surface area contributed by atoms with E-state index in [0.29, 0.717) is 103 Å². The number of guanidine groups is 2. The molecule has 0 aromatic heterocycles. The van der Waals surface area contributed by atoms with Crippen LogP contribution < -0.4 is 46.8 Å². The predicted octanol–water partition coefficient (Wildman–Crippen LogP) is 6.03. The largest absolute Gasteiger partial charge is 0.487 e. The van der Waals surface area contributed by atoms with Gasteiger partial charge in [-0.2, -0.15) is 0 Å². The summed E-state index contributed by atoms with van der Waals surface area (Å²) in [5, 5.41) is 5.66. The van der Waals surface area contributed by atoms with Gasteiger partial charge in [0, 0.05) is 45.2 Å². The highest BCUT2D eigenvalue weighted by atomic mass is 32.2. The lowest BCUT2D eigenvalue weighted by Crippen LogP contribution is -2.59. The number of hydrogen-bond donors (Lipinski definition) is 7. The minimum absolute atomic E-state index is 0.00818. The molecule has 0 bridgehead atoms. The van der Waals surface area contributed by atoms with Gasteiger partial charge in [-0.05, 0) is 239 Å². The maximum absolute atomic E-state index is 15.3. The van der Waals surface area contributed by atoms with Gasteiger partial charge in [0.25, 0.3) is 20.0 Å². The highest BCUT2D eigenvalue weighted by Gasteiger charge is 2.48. The van der Waals surface area contributed by atoms with Gasteiger partial charge in [0.05, 0.1) is 9.79 Å². The molecule has 11 rings (SSSR count). The summed E-state index contributed by atoms with van der Waals surface area (Å²) in [5.41, 5.74) is 26.9. The molecule has 7 aliphatic rings. The second-order valence-electron chi connectivity index (χ2n) is 30.0. The van der Waals surface area contributed by atoms with Gasteiger partial charge in [-0.15, -0.1) is 0 Å². The Hall–Kier alpha value is -8.99. The molecule has 6 heterocycles. The highest BCUT2D eigenvalue weighted by Crippen LogP contribution is 2.47. The number of hydrogen-bond acceptors (Lipinski definition) is 16. The van der Waals surface area contributed by atoms with Crippen LogP contribution in [0, 0.1) is 41.5 Å². The number of amides is 7. The molecule has 10 N–H and O–H groups in total. The van der Waals surface area contributed by atoms with Crippen molar-refractivity contribution in [1.29, 1.82) is 0 Å². The molecule has 562 valence electrons. The second kappa shape index (κ2) is 30.6. The van der Waals surface area contributed by atoms with E-state index < -0.39 is 115 Å². The van der Waals surface area contributed by atoms with E-state index in [2.05, 4.69) is 30.1 Å². The molecule has 0 unspecified atom stereocenters. The number of sulfonamides is 2. The van der Waals surface area contributed by atoms with Crippen molar-refractivity contribution in [3.63, 3.8) is 0 Å². The number of ether oxygens (including phenoxy) is 3. The fourth-order valence-corrected chi connectivity index (χ4v) is 19.5. The number of nitrogens with two attached hydrogens (primary N) is 3. The van der Waals surface area contributed by atoms with Crippen molar-refractivity contribution >= 4 is 73.5 Å². The van der Waals surface area contributed by atoms with Crippen molar-refractivity contribution in [3.8, 4) is 22.6 Å². The molecule has 4 aromatic carbocycles. The number of primary amides is 1. The molecule has 4 saturated heterocycles. The monoisotopic (exact) mass is 1470 g/mol. The molecule has 6 atom stereocenters. The number of fused-ring (bicyclic) bond motifs is 5. The van der Waals surface area contributed by atoms with Gasteiger partial charge in [0.1, 0.15) is 65.6 Å². The lowest BCUT2D eigenvalue weighted by molar-refractivity contribution is -0.148. The Bertz CT molecular complexity index is 4340. The molecule has 1 aliphatic carbocycles. The summed E-state index contributed by atoms with van der Waals surface area (Å²) in [6.07, 6.45) is 4.99. The molecule has 27 nitrogen and oxygen atoms in total. The van der Waals surface area contributed by atoms with Crippen molar-refractivity contribution in [3.05, 3.63) is 104 Å². The number of benzene rings is 4. The summed E-state index contributed by atoms with van der Waals surface area (Å²) in [7, 11) is -8.48. The van der Waals surface area contributed by atoms with E-state index in [0.717, 1.165) is 33.4 Å². The van der Waals surface area contributed by atoms with E-state index in [1.807, 2.05) is 90.1 Å². The molecule has 6 aliphatic heterocycles. The van der Waals surface area contributed by atoms with Crippen molar-refractivity contribution in [2.45, 2.75) is 235 Å². The van der Waals surface area contributed by atoms with E-state index in [1.165, 1.54) is 19.6 Å². The minimum Gasteiger partial charge on any atom is -0.487 e. The molecular formula is C75H101N13O14S2. The SMILES string of the molecule is Cc1c(C)c(S(=O)(=O)NC(N)=NCCC[C@H](NC(=O)[C@@H]2CCCN2C(=O)[C@@H]2CCCN2C(=O)[C@H](CCCN=C(N)NS(=O)(=O)c2c(C)c(C)c3c(c2C)CCC(C)(C)O3)NC(=O)[C@@H]2CCCN2C(=O)[C@@H]2CCCN2C(=O)OCC2c3ccccc3-c3ccccc32)C(N)=O)c(C)c2c1OC(C)(C)CC2. The zero-order valence-corrected chi connectivity index (χ0v) is 63.0. The maximum atomic E-state index is 15.3. The molecule has 4 aromatic rings. The average Bonchev–Trinajstić information content (AvgIpc) is 0.950. The molecule has 0 spiro atoms. The normalized spacial score (nSPS) is 21.2. The Labute approximate surface area is 609 Å². The summed E-state index contributed by atoms with van der Waals surface area (Å²) in [4.78, 5) is 115. The number of likely N-dealkylation sites (tertiary alicyclic amines) is 4. The summed E-state index contributed by atoms with van der Waals surface area (Å²) in [6.45, 7) is 19.2. The number of carbonyl (C=O) groups is 7. The zero-order valence-electron chi connectivity index (χ0n) is 61.4. The third-order valence-electron chi connectivity index (χ3n) is 22.1. The first-order valence-corrected chi connectivity index (χ1v) is 39.4. The van der Waals surface area contributed by atoms with E-state index in [9.17, 15) is 45.6 Å². The molecule has 0 saturated carbocycles. The van der Waals surface area contributed by atoms with Crippen LogP contribution in [0.4, 0.5) is 4.79 Å². The second-order valence-corrected chi connectivity index (χ2v) is 33.3. The number of nitrogens with one attached hydrogen (secondary N) is 4. The van der Waals surface area contributed by atoms with Crippen molar-refractivity contribution in [2.24, 2.45) is 27.2 Å². The lowest BCUT2D eigenvalue weighted by Gasteiger charge is -2.35. The van der Waals surface area contributed by atoms with E-state index in [1.54, 1.807) is 27.7 Å². The summed E-state index contributed by atoms with van der Waals surface area (Å²) in [6, 6.07) is 9.42. The van der Waals surface area contributed by atoms with Gasteiger partial charge in [0.2, 0.25) is 47.4 Å². The average molecular weight is 1470 g/mol. The lowest BCUT2D eigenvalue weighted by atomic mass is 9.88. The van der Waals surface area contributed by atoms with Crippen molar-refractivity contribution < 1.29 is 64.6 Å². The molecule has 7 amide bonds. The van der Waals surface area contributed by atoms with Crippen LogP contribution in [0.1, 0.15) is 179 Å². The van der Waals surface area contributed by atoms with Gasteiger partial charge >= 0.3 is 6.09 Å². The quantitative estimate of drug-likeness (QED) is 0.0268. The minimum atomic E-state index is -4.28. The number of carbonyl (C=O) groups excluding carboxylic acids is 7. The fraction of sp³-hybridized carbons (Fsp3) is 0.560. The Balaban J connectivity index is 0.751. The Morgan fingerprint density at radius 1 is 0.538 bits per heavy atom. The molecular weight excluding hydrogens is 1370 g/mol. The van der Waals surface area contributed by atoms with E-state index in [4.69, 9.17) is 31.4 Å². The number of rotatable bonds is 22. The molecule has 4 fully saturated rings. The molecule has 29 heteroatoms. The van der Waals surface area contributed by atoms with Crippen LogP contribution in [-0.2, 0) is 66.4 Å². The van der Waals surface area contributed by atoms with Gasteiger partial charge in [-0.3, -0.25) is 43.7 Å².